The van der Waals surface area contributed by atoms with E-state index < -0.39 is 0 Å². The molecule has 0 aliphatic carbocycles. The molecule has 1 aromatic rings. The number of hydrogen-bond acceptors (Lipinski definition) is 3. The predicted octanol–water partition coefficient (Wildman–Crippen LogP) is 4.03. The average molecular weight is 375 g/mol. The molecule has 2 heterocycles. The molecule has 2 N–H and O–H groups in total. The van der Waals surface area contributed by atoms with Gasteiger partial charge in [-0.3, -0.25) is 4.79 Å². The zero-order valence-corrected chi connectivity index (χ0v) is 15.5. The Bertz CT molecular complexity index is 500. The highest BCUT2D eigenvalue weighted by molar-refractivity contribution is 7.99. The van der Waals surface area contributed by atoms with Crippen molar-refractivity contribution in [2.24, 2.45) is 0 Å². The second-order valence-electron chi connectivity index (χ2n) is 6.28. The first-order chi connectivity index (χ1) is 10.7. The molecule has 23 heavy (non-hydrogen) atoms. The molecular formula is C17H24Cl2N2OS. The highest BCUT2D eigenvalue weighted by Crippen LogP contribution is 2.27. The number of carbonyl (C=O) groups is 1. The molecule has 3 nitrogen and oxygen atoms in total. The number of piperidine rings is 1. The van der Waals surface area contributed by atoms with E-state index in [9.17, 15) is 4.79 Å². The molecule has 0 aromatic heterocycles. The second kappa shape index (κ2) is 9.16. The maximum atomic E-state index is 12.0. The van der Waals surface area contributed by atoms with Crippen LogP contribution in [0.5, 0.6) is 0 Å². The van der Waals surface area contributed by atoms with Gasteiger partial charge < -0.3 is 10.6 Å². The number of rotatable bonds is 6. The van der Waals surface area contributed by atoms with Crippen LogP contribution < -0.4 is 10.6 Å². The summed E-state index contributed by atoms with van der Waals surface area (Å²) in [5.74, 6) is 1.18. The molecule has 0 spiro atoms. The van der Waals surface area contributed by atoms with E-state index in [1.165, 1.54) is 17.7 Å². The summed E-state index contributed by atoms with van der Waals surface area (Å²) >= 11 is 7.64. The van der Waals surface area contributed by atoms with Crippen molar-refractivity contribution in [2.45, 2.75) is 61.5 Å². The number of nitrogens with one attached hydrogen (secondary N) is 2. The van der Waals surface area contributed by atoms with Crippen molar-refractivity contribution in [1.29, 1.82) is 0 Å². The van der Waals surface area contributed by atoms with Crippen molar-refractivity contribution in [3.05, 3.63) is 29.3 Å². The van der Waals surface area contributed by atoms with E-state index in [1.54, 1.807) is 11.8 Å². The van der Waals surface area contributed by atoms with E-state index in [2.05, 4.69) is 10.6 Å². The zero-order chi connectivity index (χ0) is 15.4. The van der Waals surface area contributed by atoms with E-state index in [-0.39, 0.29) is 18.3 Å². The van der Waals surface area contributed by atoms with Gasteiger partial charge in [0.1, 0.15) is 0 Å². The third-order valence-electron chi connectivity index (χ3n) is 4.47. The first kappa shape index (κ1) is 18.9. The lowest BCUT2D eigenvalue weighted by Crippen LogP contribution is -2.48. The average Bonchev–Trinajstić information content (AvgIpc) is 2.84. The number of benzene rings is 1. The monoisotopic (exact) mass is 374 g/mol. The van der Waals surface area contributed by atoms with Crippen molar-refractivity contribution >= 4 is 41.7 Å². The molecule has 0 saturated carbocycles. The van der Waals surface area contributed by atoms with E-state index in [0.717, 1.165) is 30.0 Å². The Morgan fingerprint density at radius 3 is 2.52 bits per heavy atom. The minimum absolute atomic E-state index is 0. The van der Waals surface area contributed by atoms with Crippen LogP contribution in [0.4, 0.5) is 0 Å². The molecule has 2 fully saturated rings. The van der Waals surface area contributed by atoms with Gasteiger partial charge >= 0.3 is 0 Å². The molecule has 6 heteroatoms. The van der Waals surface area contributed by atoms with Crippen molar-refractivity contribution in [3.8, 4) is 0 Å². The van der Waals surface area contributed by atoms with Gasteiger partial charge in [0.05, 0.1) is 0 Å². The number of fused-ring (bicyclic) bond motifs is 2. The lowest BCUT2D eigenvalue weighted by molar-refractivity contribution is -0.122. The van der Waals surface area contributed by atoms with Gasteiger partial charge in [0.25, 0.3) is 0 Å². The van der Waals surface area contributed by atoms with Gasteiger partial charge in [-0.25, -0.2) is 0 Å². The molecule has 2 aliphatic heterocycles. The van der Waals surface area contributed by atoms with Gasteiger partial charge in [0.15, 0.2) is 0 Å². The summed E-state index contributed by atoms with van der Waals surface area (Å²) in [6.07, 6.45) is 6.28. The molecular weight excluding hydrogens is 351 g/mol. The van der Waals surface area contributed by atoms with E-state index in [1.807, 2.05) is 24.3 Å². The lowest BCUT2D eigenvalue weighted by atomic mass is 10.00. The first-order valence-corrected chi connectivity index (χ1v) is 9.49. The SMILES string of the molecule is Cl.O=C(CCCSc1ccc(Cl)cc1)NC1CC2CCC(C1)N2. The van der Waals surface area contributed by atoms with Crippen LogP contribution in [0.15, 0.2) is 29.2 Å². The molecule has 3 rings (SSSR count). The Hall–Kier alpha value is -0.420. The van der Waals surface area contributed by atoms with Crippen molar-refractivity contribution < 1.29 is 4.79 Å². The van der Waals surface area contributed by atoms with Gasteiger partial charge in [0, 0.05) is 34.5 Å². The van der Waals surface area contributed by atoms with Crippen molar-refractivity contribution in [1.82, 2.24) is 10.6 Å². The Kier molecular flexibility index (Phi) is 7.54. The Morgan fingerprint density at radius 2 is 1.87 bits per heavy atom. The van der Waals surface area contributed by atoms with E-state index in [4.69, 9.17) is 11.6 Å². The Balaban J connectivity index is 0.00000192. The topological polar surface area (TPSA) is 41.1 Å². The Morgan fingerprint density at radius 1 is 1.22 bits per heavy atom. The molecule has 2 atom stereocenters. The standard InChI is InChI=1S/C17H23ClN2OS.ClH/c18-12-3-7-16(8-4-12)22-9-1-2-17(21)20-15-10-13-5-6-14(11-15)19-13;/h3-4,7-8,13-15,19H,1-2,5-6,9-11H2,(H,20,21);1H. The van der Waals surface area contributed by atoms with Crippen LogP contribution in [0.1, 0.15) is 38.5 Å². The number of halogens is 2. The van der Waals surface area contributed by atoms with Crippen LogP contribution in [-0.2, 0) is 4.79 Å². The fourth-order valence-electron chi connectivity index (χ4n) is 3.43. The maximum Gasteiger partial charge on any atom is 0.220 e. The summed E-state index contributed by atoms with van der Waals surface area (Å²) in [5, 5.41) is 7.59. The molecule has 1 amide bonds. The molecule has 2 unspecified atom stereocenters. The number of carbonyl (C=O) groups excluding carboxylic acids is 1. The summed E-state index contributed by atoms with van der Waals surface area (Å²) in [6.45, 7) is 0. The van der Waals surface area contributed by atoms with Crippen LogP contribution >= 0.6 is 35.8 Å². The van der Waals surface area contributed by atoms with Crippen LogP contribution in [0, 0.1) is 0 Å². The predicted molar refractivity (Wildman–Crippen MR) is 99.8 cm³/mol. The van der Waals surface area contributed by atoms with E-state index >= 15 is 0 Å². The largest absolute Gasteiger partial charge is 0.353 e. The molecule has 2 bridgehead atoms. The zero-order valence-electron chi connectivity index (χ0n) is 13.1. The van der Waals surface area contributed by atoms with Gasteiger partial charge in [-0.15, -0.1) is 24.2 Å². The summed E-state index contributed by atoms with van der Waals surface area (Å²) in [5.41, 5.74) is 0. The Labute approximate surface area is 153 Å². The van der Waals surface area contributed by atoms with Crippen LogP contribution in [0.2, 0.25) is 5.02 Å². The lowest BCUT2D eigenvalue weighted by Gasteiger charge is -2.29. The van der Waals surface area contributed by atoms with Crippen molar-refractivity contribution in [3.63, 3.8) is 0 Å². The number of amides is 1. The van der Waals surface area contributed by atoms with Crippen LogP contribution in [-0.4, -0.2) is 29.8 Å². The highest BCUT2D eigenvalue weighted by Gasteiger charge is 2.33. The minimum Gasteiger partial charge on any atom is -0.353 e. The van der Waals surface area contributed by atoms with Gasteiger partial charge in [-0.2, -0.15) is 0 Å². The number of hydrogen-bond donors (Lipinski definition) is 2. The molecule has 0 radical (unpaired) electrons. The van der Waals surface area contributed by atoms with Gasteiger partial charge in [-0.05, 0) is 62.1 Å². The molecule has 2 saturated heterocycles. The molecule has 1 aromatic carbocycles. The van der Waals surface area contributed by atoms with Crippen LogP contribution in [0.25, 0.3) is 0 Å². The number of thioether (sulfide) groups is 1. The summed E-state index contributed by atoms with van der Waals surface area (Å²) < 4.78 is 0. The molecule has 2 aliphatic rings. The fraction of sp³-hybridized carbons (Fsp3) is 0.588. The maximum absolute atomic E-state index is 12.0. The van der Waals surface area contributed by atoms with Crippen LogP contribution in [0.3, 0.4) is 0 Å². The van der Waals surface area contributed by atoms with Crippen molar-refractivity contribution in [2.75, 3.05) is 5.75 Å². The quantitative estimate of drug-likeness (QED) is 0.583. The highest BCUT2D eigenvalue weighted by atomic mass is 35.5. The fourth-order valence-corrected chi connectivity index (χ4v) is 4.41. The summed E-state index contributed by atoms with van der Waals surface area (Å²) in [4.78, 5) is 13.3. The molecule has 128 valence electrons. The third kappa shape index (κ3) is 5.86. The summed E-state index contributed by atoms with van der Waals surface area (Å²) in [6, 6.07) is 9.50. The normalized spacial score (nSPS) is 25.7. The first-order valence-electron chi connectivity index (χ1n) is 8.13. The van der Waals surface area contributed by atoms with E-state index in [0.29, 0.717) is 24.5 Å². The minimum atomic E-state index is 0. The van der Waals surface area contributed by atoms with Gasteiger partial charge in [0.2, 0.25) is 5.91 Å². The summed E-state index contributed by atoms with van der Waals surface area (Å²) in [7, 11) is 0. The van der Waals surface area contributed by atoms with Gasteiger partial charge in [-0.1, -0.05) is 11.6 Å². The third-order valence-corrected chi connectivity index (χ3v) is 5.82. The second-order valence-corrected chi connectivity index (χ2v) is 7.88. The smallest absolute Gasteiger partial charge is 0.220 e.